The summed E-state index contributed by atoms with van der Waals surface area (Å²) in [6.07, 6.45) is 0. The maximum atomic E-state index is 12.8. The number of benzene rings is 3. The highest BCUT2D eigenvalue weighted by atomic mass is 35.5. The molecule has 1 aromatic heterocycles. The number of aryl methyl sites for hydroxylation is 1. The number of hydrogen-bond acceptors (Lipinski definition) is 7. The second-order valence-electron chi connectivity index (χ2n) is 7.71. The number of thioether (sulfide) groups is 1. The van der Waals surface area contributed by atoms with E-state index in [0.717, 1.165) is 22.6 Å². The zero-order valence-electron chi connectivity index (χ0n) is 20.2. The van der Waals surface area contributed by atoms with Crippen LogP contribution in [0.1, 0.15) is 5.56 Å². The van der Waals surface area contributed by atoms with Gasteiger partial charge in [-0.25, -0.2) is 0 Å². The average Bonchev–Trinajstić information content (AvgIpc) is 3.33. The number of methoxy groups -OCH3 is 3. The summed E-state index contributed by atoms with van der Waals surface area (Å²) in [5.41, 5.74) is 3.05. The van der Waals surface area contributed by atoms with E-state index in [9.17, 15) is 4.79 Å². The fraction of sp³-hybridized carbons (Fsp3) is 0.192. The van der Waals surface area contributed by atoms with Gasteiger partial charge in [0.15, 0.2) is 11.0 Å². The first-order valence-corrected chi connectivity index (χ1v) is 12.3. The van der Waals surface area contributed by atoms with Crippen molar-refractivity contribution in [1.82, 2.24) is 14.8 Å². The zero-order valence-corrected chi connectivity index (χ0v) is 21.8. The van der Waals surface area contributed by atoms with Gasteiger partial charge in [-0.3, -0.25) is 9.36 Å². The molecule has 0 aliphatic carbocycles. The molecule has 8 nitrogen and oxygen atoms in total. The van der Waals surface area contributed by atoms with E-state index in [2.05, 4.69) is 15.5 Å². The number of carbonyl (C=O) groups is 1. The number of anilines is 1. The quantitative estimate of drug-likeness (QED) is 0.283. The van der Waals surface area contributed by atoms with E-state index in [0.29, 0.717) is 33.2 Å². The molecular formula is C26H25ClN4O4S. The van der Waals surface area contributed by atoms with Crippen molar-refractivity contribution in [3.05, 3.63) is 71.2 Å². The molecule has 0 unspecified atom stereocenters. The Hall–Kier alpha value is -3.69. The first kappa shape index (κ1) is 25.4. The topological polar surface area (TPSA) is 87.5 Å². The average molecular weight is 525 g/mol. The van der Waals surface area contributed by atoms with Gasteiger partial charge in [0.2, 0.25) is 5.91 Å². The van der Waals surface area contributed by atoms with Gasteiger partial charge in [0, 0.05) is 22.3 Å². The normalized spacial score (nSPS) is 10.7. The van der Waals surface area contributed by atoms with Crippen molar-refractivity contribution in [2.75, 3.05) is 32.4 Å². The molecule has 36 heavy (non-hydrogen) atoms. The molecule has 1 N–H and O–H groups in total. The maximum Gasteiger partial charge on any atom is 0.234 e. The third-order valence-corrected chi connectivity index (χ3v) is 6.72. The second-order valence-corrected chi connectivity index (χ2v) is 9.06. The predicted octanol–water partition coefficient (Wildman–Crippen LogP) is 5.65. The van der Waals surface area contributed by atoms with E-state index in [-0.39, 0.29) is 11.7 Å². The summed E-state index contributed by atoms with van der Waals surface area (Å²) < 4.78 is 17.9. The Balaban J connectivity index is 1.62. The lowest BCUT2D eigenvalue weighted by Gasteiger charge is -2.13. The Bertz CT molecular complexity index is 1380. The van der Waals surface area contributed by atoms with Crippen molar-refractivity contribution in [2.45, 2.75) is 12.1 Å². The van der Waals surface area contributed by atoms with Crippen molar-refractivity contribution in [3.63, 3.8) is 0 Å². The van der Waals surface area contributed by atoms with Gasteiger partial charge < -0.3 is 19.5 Å². The van der Waals surface area contributed by atoms with Crippen LogP contribution in [0, 0.1) is 6.92 Å². The van der Waals surface area contributed by atoms with Gasteiger partial charge in [0.25, 0.3) is 0 Å². The van der Waals surface area contributed by atoms with Crippen LogP contribution >= 0.6 is 23.4 Å². The van der Waals surface area contributed by atoms with Gasteiger partial charge in [0.1, 0.15) is 17.2 Å². The molecule has 1 heterocycles. The lowest BCUT2D eigenvalue weighted by molar-refractivity contribution is -0.113. The molecule has 0 saturated carbocycles. The van der Waals surface area contributed by atoms with Gasteiger partial charge in [-0.2, -0.15) is 0 Å². The largest absolute Gasteiger partial charge is 0.497 e. The van der Waals surface area contributed by atoms with Gasteiger partial charge in [-0.15, -0.1) is 10.2 Å². The summed E-state index contributed by atoms with van der Waals surface area (Å²) in [5.74, 6) is 2.44. The van der Waals surface area contributed by atoms with Crippen LogP contribution in [0.3, 0.4) is 0 Å². The van der Waals surface area contributed by atoms with Crippen LogP contribution in [0.4, 0.5) is 5.69 Å². The molecule has 0 fully saturated rings. The number of amides is 1. The molecule has 0 aliphatic heterocycles. The Morgan fingerprint density at radius 1 is 0.972 bits per heavy atom. The fourth-order valence-electron chi connectivity index (χ4n) is 3.52. The van der Waals surface area contributed by atoms with Crippen molar-refractivity contribution < 1.29 is 19.0 Å². The van der Waals surface area contributed by atoms with E-state index >= 15 is 0 Å². The van der Waals surface area contributed by atoms with Crippen LogP contribution in [0.25, 0.3) is 17.1 Å². The lowest BCUT2D eigenvalue weighted by Crippen LogP contribution is -2.15. The molecule has 1 amide bonds. The number of aromatic nitrogens is 3. The monoisotopic (exact) mass is 524 g/mol. The Morgan fingerprint density at radius 3 is 2.42 bits per heavy atom. The number of nitrogens with zero attached hydrogens (tertiary/aromatic N) is 3. The number of rotatable bonds is 9. The van der Waals surface area contributed by atoms with E-state index in [1.807, 2.05) is 60.0 Å². The predicted molar refractivity (Wildman–Crippen MR) is 142 cm³/mol. The van der Waals surface area contributed by atoms with Crippen LogP contribution in [0.2, 0.25) is 5.02 Å². The third kappa shape index (κ3) is 5.58. The maximum absolute atomic E-state index is 12.8. The zero-order chi connectivity index (χ0) is 25.7. The van der Waals surface area contributed by atoms with Crippen LogP contribution in [0.5, 0.6) is 17.2 Å². The minimum atomic E-state index is -0.216. The summed E-state index contributed by atoms with van der Waals surface area (Å²) in [4.78, 5) is 12.8. The number of halogens is 1. The molecule has 10 heteroatoms. The van der Waals surface area contributed by atoms with Gasteiger partial charge in [-0.1, -0.05) is 35.5 Å². The Morgan fingerprint density at radius 2 is 1.72 bits per heavy atom. The Labute approximate surface area is 218 Å². The standard InChI is InChI=1S/C26H25ClN4O4S/c1-16-12-22(23(35-4)14-21(16)27)28-24(32)15-36-26-30-29-25(17-6-5-7-20(13-17)34-3)31(26)18-8-10-19(33-2)11-9-18/h5-14H,15H2,1-4H3,(H,28,32). The minimum Gasteiger partial charge on any atom is -0.497 e. The molecule has 3 aromatic carbocycles. The van der Waals surface area contributed by atoms with Gasteiger partial charge in [-0.05, 0) is 55.0 Å². The van der Waals surface area contributed by atoms with Crippen LogP contribution in [-0.2, 0) is 4.79 Å². The summed E-state index contributed by atoms with van der Waals surface area (Å²) >= 11 is 7.45. The Kier molecular flexibility index (Phi) is 8.02. The smallest absolute Gasteiger partial charge is 0.234 e. The highest BCUT2D eigenvalue weighted by Gasteiger charge is 2.19. The first-order chi connectivity index (χ1) is 17.4. The number of nitrogens with one attached hydrogen (secondary N) is 1. The van der Waals surface area contributed by atoms with Gasteiger partial charge >= 0.3 is 0 Å². The summed E-state index contributed by atoms with van der Waals surface area (Å²) in [7, 11) is 4.76. The first-order valence-electron chi connectivity index (χ1n) is 10.9. The molecule has 0 bridgehead atoms. The summed E-state index contributed by atoms with van der Waals surface area (Å²) in [6.45, 7) is 1.86. The SMILES string of the molecule is COc1ccc(-n2c(SCC(=O)Nc3cc(C)c(Cl)cc3OC)nnc2-c2cccc(OC)c2)cc1. The van der Waals surface area contributed by atoms with Crippen molar-refractivity contribution >= 4 is 35.0 Å². The fourth-order valence-corrected chi connectivity index (χ4v) is 4.43. The summed E-state index contributed by atoms with van der Waals surface area (Å²) in [6, 6.07) is 18.6. The molecule has 4 rings (SSSR count). The van der Waals surface area contributed by atoms with Crippen molar-refractivity contribution in [2.24, 2.45) is 0 Å². The summed E-state index contributed by atoms with van der Waals surface area (Å²) in [5, 5.41) is 12.8. The van der Waals surface area contributed by atoms with Crippen LogP contribution in [-0.4, -0.2) is 47.8 Å². The molecular weight excluding hydrogens is 500 g/mol. The molecule has 0 radical (unpaired) electrons. The molecule has 0 aliphatic rings. The van der Waals surface area contributed by atoms with E-state index < -0.39 is 0 Å². The molecule has 0 saturated heterocycles. The number of ether oxygens (including phenoxy) is 3. The van der Waals surface area contributed by atoms with E-state index in [4.69, 9.17) is 25.8 Å². The molecule has 4 aromatic rings. The third-order valence-electron chi connectivity index (χ3n) is 5.38. The molecule has 0 atom stereocenters. The number of hydrogen-bond donors (Lipinski definition) is 1. The van der Waals surface area contributed by atoms with Crippen LogP contribution in [0.15, 0.2) is 65.8 Å². The molecule has 186 valence electrons. The highest BCUT2D eigenvalue weighted by Crippen LogP contribution is 2.33. The second kappa shape index (κ2) is 11.4. The van der Waals surface area contributed by atoms with E-state index in [1.165, 1.54) is 18.9 Å². The van der Waals surface area contributed by atoms with E-state index in [1.54, 1.807) is 26.4 Å². The van der Waals surface area contributed by atoms with Crippen molar-refractivity contribution in [3.8, 4) is 34.3 Å². The lowest BCUT2D eigenvalue weighted by atomic mass is 10.2. The van der Waals surface area contributed by atoms with Crippen LogP contribution < -0.4 is 19.5 Å². The highest BCUT2D eigenvalue weighted by molar-refractivity contribution is 7.99. The van der Waals surface area contributed by atoms with Crippen molar-refractivity contribution in [1.29, 1.82) is 0 Å². The van der Waals surface area contributed by atoms with Gasteiger partial charge in [0.05, 0.1) is 32.8 Å². The number of carbonyl (C=O) groups excluding carboxylic acids is 1. The molecule has 0 spiro atoms. The minimum absolute atomic E-state index is 0.108.